The summed E-state index contributed by atoms with van der Waals surface area (Å²) in [4.78, 5) is 0. The van der Waals surface area contributed by atoms with E-state index < -0.39 is 6.10 Å². The first-order valence-corrected chi connectivity index (χ1v) is 6.88. The van der Waals surface area contributed by atoms with Gasteiger partial charge in [0.05, 0.1) is 12.7 Å². The second-order valence-corrected chi connectivity index (χ2v) is 5.05. The van der Waals surface area contributed by atoms with E-state index in [9.17, 15) is 5.11 Å². The Labute approximate surface area is 109 Å². The molecule has 1 atom stereocenters. The summed E-state index contributed by atoms with van der Waals surface area (Å²) in [5.41, 5.74) is 7.53. The molecule has 0 bridgehead atoms. The Bertz CT molecular complexity index is 344. The van der Waals surface area contributed by atoms with Crippen LogP contribution in [0.3, 0.4) is 0 Å². The fraction of sp³-hybridized carbons (Fsp3) is 0.600. The minimum absolute atomic E-state index is 0.344. The zero-order valence-corrected chi connectivity index (χ0v) is 10.8. The molecular weight excluding hydrogens is 226 g/mol. The summed E-state index contributed by atoms with van der Waals surface area (Å²) in [6.45, 7) is 0.932. The van der Waals surface area contributed by atoms with Crippen LogP contribution in [0.5, 0.6) is 0 Å². The van der Waals surface area contributed by atoms with Crippen LogP contribution in [0, 0.1) is 0 Å². The largest absolute Gasteiger partial charge is 0.386 e. The average Bonchev–Trinajstić information content (AvgIpc) is 2.46. The van der Waals surface area contributed by atoms with Gasteiger partial charge in [0, 0.05) is 6.54 Å². The van der Waals surface area contributed by atoms with Gasteiger partial charge in [-0.2, -0.15) is 0 Å². The van der Waals surface area contributed by atoms with Crippen molar-refractivity contribution in [2.45, 2.75) is 50.9 Å². The molecule has 1 aliphatic rings. The number of benzene rings is 1. The van der Waals surface area contributed by atoms with E-state index in [0.29, 0.717) is 19.3 Å². The van der Waals surface area contributed by atoms with Crippen molar-refractivity contribution in [1.82, 2.24) is 0 Å². The number of nitrogens with two attached hydrogens (primary N) is 1. The van der Waals surface area contributed by atoms with Crippen LogP contribution in [0.25, 0.3) is 0 Å². The van der Waals surface area contributed by atoms with Crippen LogP contribution in [0.1, 0.15) is 49.3 Å². The van der Waals surface area contributed by atoms with Crippen molar-refractivity contribution in [3.05, 3.63) is 35.4 Å². The van der Waals surface area contributed by atoms with Gasteiger partial charge in [0.15, 0.2) is 0 Å². The predicted molar refractivity (Wildman–Crippen MR) is 72.1 cm³/mol. The predicted octanol–water partition coefficient (Wildman–Crippen LogP) is 2.53. The van der Waals surface area contributed by atoms with Crippen molar-refractivity contribution in [2.75, 3.05) is 6.61 Å². The molecule has 0 amide bonds. The highest BCUT2D eigenvalue weighted by atomic mass is 16.5. The first-order valence-electron chi connectivity index (χ1n) is 6.88. The molecule has 0 heterocycles. The van der Waals surface area contributed by atoms with E-state index in [-0.39, 0.29) is 0 Å². The molecule has 1 unspecified atom stereocenters. The number of hydrogen-bond acceptors (Lipinski definition) is 3. The topological polar surface area (TPSA) is 55.5 Å². The fourth-order valence-corrected chi connectivity index (χ4v) is 2.43. The molecule has 1 aliphatic carbocycles. The molecule has 1 saturated carbocycles. The first kappa shape index (κ1) is 13.5. The Morgan fingerprint density at radius 2 is 1.83 bits per heavy atom. The normalized spacial score (nSPS) is 18.8. The van der Waals surface area contributed by atoms with E-state index >= 15 is 0 Å². The van der Waals surface area contributed by atoms with Crippen LogP contribution in [0.4, 0.5) is 0 Å². The maximum atomic E-state index is 10.1. The molecule has 3 N–H and O–H groups in total. The van der Waals surface area contributed by atoms with Gasteiger partial charge in [-0.3, -0.25) is 0 Å². The Hall–Kier alpha value is -0.900. The second-order valence-electron chi connectivity index (χ2n) is 5.05. The molecule has 3 nitrogen and oxygen atoms in total. The highest BCUT2D eigenvalue weighted by molar-refractivity contribution is 5.24. The lowest BCUT2D eigenvalue weighted by Crippen LogP contribution is -2.20. The molecule has 0 aromatic heterocycles. The Morgan fingerprint density at radius 1 is 1.17 bits per heavy atom. The van der Waals surface area contributed by atoms with Crippen molar-refractivity contribution in [2.24, 2.45) is 5.73 Å². The lowest BCUT2D eigenvalue weighted by atomic mass is 9.98. The van der Waals surface area contributed by atoms with E-state index in [1.807, 2.05) is 24.3 Å². The van der Waals surface area contributed by atoms with Crippen LogP contribution in [0.15, 0.2) is 24.3 Å². The van der Waals surface area contributed by atoms with Crippen LogP contribution >= 0.6 is 0 Å². The number of hydrogen-bond donors (Lipinski definition) is 2. The van der Waals surface area contributed by atoms with Crippen LogP contribution in [0.2, 0.25) is 0 Å². The van der Waals surface area contributed by atoms with E-state index in [1.165, 1.54) is 19.3 Å². The molecule has 1 aromatic carbocycles. The maximum Gasteiger partial charge on any atom is 0.102 e. The molecule has 100 valence electrons. The molecule has 0 spiro atoms. The lowest BCUT2D eigenvalue weighted by Gasteiger charge is -2.23. The van der Waals surface area contributed by atoms with Gasteiger partial charge in [-0.15, -0.1) is 0 Å². The number of ether oxygens (including phenoxy) is 1. The molecule has 1 fully saturated rings. The smallest absolute Gasteiger partial charge is 0.102 e. The Balaban J connectivity index is 1.80. The van der Waals surface area contributed by atoms with Crippen LogP contribution < -0.4 is 5.73 Å². The molecule has 0 saturated heterocycles. The summed E-state index contributed by atoms with van der Waals surface area (Å²) in [5, 5.41) is 10.1. The van der Waals surface area contributed by atoms with E-state index in [2.05, 4.69) is 0 Å². The minimum atomic E-state index is -0.529. The van der Waals surface area contributed by atoms with E-state index in [4.69, 9.17) is 10.5 Å². The van der Waals surface area contributed by atoms with Gasteiger partial charge in [-0.1, -0.05) is 43.5 Å². The van der Waals surface area contributed by atoms with Crippen LogP contribution in [-0.2, 0) is 11.3 Å². The SMILES string of the molecule is NCc1ccc(C(O)COC2CCCCC2)cc1. The van der Waals surface area contributed by atoms with Crippen molar-refractivity contribution in [3.8, 4) is 0 Å². The highest BCUT2D eigenvalue weighted by Gasteiger charge is 2.16. The Kier molecular flexibility index (Phi) is 5.17. The molecule has 2 rings (SSSR count). The highest BCUT2D eigenvalue weighted by Crippen LogP contribution is 2.22. The quantitative estimate of drug-likeness (QED) is 0.843. The van der Waals surface area contributed by atoms with E-state index in [1.54, 1.807) is 0 Å². The monoisotopic (exact) mass is 249 g/mol. The molecule has 18 heavy (non-hydrogen) atoms. The fourth-order valence-electron chi connectivity index (χ4n) is 2.43. The molecule has 1 aromatic rings. The van der Waals surface area contributed by atoms with Crippen molar-refractivity contribution >= 4 is 0 Å². The summed E-state index contributed by atoms with van der Waals surface area (Å²) < 4.78 is 5.78. The molecule has 3 heteroatoms. The van der Waals surface area contributed by atoms with Gasteiger partial charge in [0.25, 0.3) is 0 Å². The van der Waals surface area contributed by atoms with E-state index in [0.717, 1.165) is 24.0 Å². The van der Waals surface area contributed by atoms with Crippen LogP contribution in [-0.4, -0.2) is 17.8 Å². The van der Waals surface area contributed by atoms with Gasteiger partial charge in [0.1, 0.15) is 6.10 Å². The number of aliphatic hydroxyl groups is 1. The number of rotatable bonds is 5. The van der Waals surface area contributed by atoms with Gasteiger partial charge in [-0.05, 0) is 24.0 Å². The molecule has 0 radical (unpaired) electrons. The minimum Gasteiger partial charge on any atom is -0.386 e. The maximum absolute atomic E-state index is 10.1. The number of aliphatic hydroxyl groups excluding tert-OH is 1. The third-order valence-electron chi connectivity index (χ3n) is 3.64. The summed E-state index contributed by atoms with van der Waals surface area (Å²) >= 11 is 0. The lowest BCUT2D eigenvalue weighted by molar-refractivity contribution is -0.0245. The average molecular weight is 249 g/mol. The van der Waals surface area contributed by atoms with Gasteiger partial charge in [0.2, 0.25) is 0 Å². The summed E-state index contributed by atoms with van der Waals surface area (Å²) in [6.07, 6.45) is 5.92. The van der Waals surface area contributed by atoms with Crippen molar-refractivity contribution in [1.29, 1.82) is 0 Å². The molecule has 0 aliphatic heterocycles. The first-order chi connectivity index (χ1) is 8.79. The summed E-state index contributed by atoms with van der Waals surface area (Å²) in [5.74, 6) is 0. The van der Waals surface area contributed by atoms with Gasteiger partial charge in [-0.25, -0.2) is 0 Å². The zero-order chi connectivity index (χ0) is 12.8. The van der Waals surface area contributed by atoms with Gasteiger partial charge >= 0.3 is 0 Å². The summed E-state index contributed by atoms with van der Waals surface area (Å²) in [7, 11) is 0. The van der Waals surface area contributed by atoms with Gasteiger partial charge < -0.3 is 15.6 Å². The third-order valence-corrected chi connectivity index (χ3v) is 3.64. The molecular formula is C15H23NO2. The standard InChI is InChI=1S/C15H23NO2/c16-10-12-6-8-13(9-7-12)15(17)11-18-14-4-2-1-3-5-14/h6-9,14-15,17H,1-5,10-11,16H2. The van der Waals surface area contributed by atoms with Crippen molar-refractivity contribution < 1.29 is 9.84 Å². The Morgan fingerprint density at radius 3 is 2.44 bits per heavy atom. The zero-order valence-electron chi connectivity index (χ0n) is 10.8. The second kappa shape index (κ2) is 6.88. The van der Waals surface area contributed by atoms with Crippen molar-refractivity contribution in [3.63, 3.8) is 0 Å². The third kappa shape index (κ3) is 3.80. The summed E-state index contributed by atoms with van der Waals surface area (Å²) in [6, 6.07) is 7.77.